The van der Waals surface area contributed by atoms with E-state index in [1.165, 1.54) is 19.3 Å². The molecule has 1 fully saturated rings. The first-order valence-corrected chi connectivity index (χ1v) is 7.54. The van der Waals surface area contributed by atoms with Crippen molar-refractivity contribution >= 4 is 12.0 Å². The van der Waals surface area contributed by atoms with Gasteiger partial charge in [-0.1, -0.05) is 19.8 Å². The molecule has 0 spiro atoms. The zero-order chi connectivity index (χ0) is 15.2. The van der Waals surface area contributed by atoms with E-state index in [1.54, 1.807) is 0 Å². The van der Waals surface area contributed by atoms with Gasteiger partial charge in [0.15, 0.2) is 0 Å². The molecule has 0 radical (unpaired) electrons. The summed E-state index contributed by atoms with van der Waals surface area (Å²) in [5.41, 5.74) is -0.510. The third-order valence-electron chi connectivity index (χ3n) is 3.48. The van der Waals surface area contributed by atoms with Crippen LogP contribution < -0.4 is 10.6 Å². The smallest absolute Gasteiger partial charge is 0.407 e. The van der Waals surface area contributed by atoms with Crippen molar-refractivity contribution in [2.75, 3.05) is 6.54 Å². The predicted octanol–water partition coefficient (Wildman–Crippen LogP) is 2.60. The first kappa shape index (κ1) is 16.8. The maximum absolute atomic E-state index is 11.8. The van der Waals surface area contributed by atoms with Crippen LogP contribution in [0.4, 0.5) is 4.79 Å². The van der Waals surface area contributed by atoms with Crippen LogP contribution in [0.5, 0.6) is 0 Å². The van der Waals surface area contributed by atoms with Crippen molar-refractivity contribution in [2.24, 2.45) is 5.92 Å². The lowest BCUT2D eigenvalue weighted by atomic mass is 9.86. The fourth-order valence-electron chi connectivity index (χ4n) is 2.40. The summed E-state index contributed by atoms with van der Waals surface area (Å²) in [6.45, 7) is 7.92. The monoisotopic (exact) mass is 284 g/mol. The van der Waals surface area contributed by atoms with Crippen LogP contribution in [-0.4, -0.2) is 30.2 Å². The van der Waals surface area contributed by atoms with E-state index in [0.717, 1.165) is 6.42 Å². The van der Waals surface area contributed by atoms with Gasteiger partial charge in [0.2, 0.25) is 5.91 Å². The molecule has 2 amide bonds. The second-order valence-corrected chi connectivity index (χ2v) is 6.61. The van der Waals surface area contributed by atoms with Crippen LogP contribution in [0, 0.1) is 5.92 Å². The van der Waals surface area contributed by atoms with Crippen molar-refractivity contribution in [3.63, 3.8) is 0 Å². The molecular formula is C15H28N2O3. The maximum Gasteiger partial charge on any atom is 0.407 e. The summed E-state index contributed by atoms with van der Waals surface area (Å²) in [5.74, 6) is 0.548. The molecule has 0 aromatic rings. The van der Waals surface area contributed by atoms with Gasteiger partial charge in [-0.15, -0.1) is 0 Å². The minimum absolute atomic E-state index is 0.000177. The molecule has 0 unspecified atom stereocenters. The molecule has 20 heavy (non-hydrogen) atoms. The van der Waals surface area contributed by atoms with Crippen LogP contribution >= 0.6 is 0 Å². The number of alkyl carbamates (subject to hydrolysis) is 1. The maximum atomic E-state index is 11.8. The third-order valence-corrected chi connectivity index (χ3v) is 3.48. The zero-order valence-corrected chi connectivity index (χ0v) is 13.1. The van der Waals surface area contributed by atoms with Gasteiger partial charge in [0.05, 0.1) is 0 Å². The lowest BCUT2D eigenvalue weighted by Gasteiger charge is -2.29. The molecule has 2 atom stereocenters. The summed E-state index contributed by atoms with van der Waals surface area (Å²) < 4.78 is 5.10. The van der Waals surface area contributed by atoms with Gasteiger partial charge >= 0.3 is 6.09 Å². The van der Waals surface area contributed by atoms with Crippen molar-refractivity contribution in [1.82, 2.24) is 10.6 Å². The fourth-order valence-corrected chi connectivity index (χ4v) is 2.40. The molecule has 0 aromatic heterocycles. The molecule has 1 saturated carbocycles. The topological polar surface area (TPSA) is 67.4 Å². The number of nitrogens with one attached hydrogen (secondary N) is 2. The molecule has 2 N–H and O–H groups in total. The van der Waals surface area contributed by atoms with Crippen LogP contribution in [0.25, 0.3) is 0 Å². The number of hydrogen-bond donors (Lipinski definition) is 2. The predicted molar refractivity (Wildman–Crippen MR) is 78.4 cm³/mol. The Hall–Kier alpha value is -1.26. The third kappa shape index (κ3) is 6.78. The highest BCUT2D eigenvalue weighted by atomic mass is 16.6. The number of amides is 2. The fraction of sp³-hybridized carbons (Fsp3) is 0.867. The van der Waals surface area contributed by atoms with Crippen LogP contribution in [0.1, 0.15) is 59.8 Å². The largest absolute Gasteiger partial charge is 0.444 e. The van der Waals surface area contributed by atoms with Gasteiger partial charge in [0.1, 0.15) is 5.60 Å². The van der Waals surface area contributed by atoms with Crippen molar-refractivity contribution in [2.45, 2.75) is 71.4 Å². The minimum atomic E-state index is -0.510. The molecule has 1 rings (SSSR count). The minimum Gasteiger partial charge on any atom is -0.444 e. The summed E-state index contributed by atoms with van der Waals surface area (Å²) in [6.07, 6.45) is 4.51. The highest BCUT2D eigenvalue weighted by Crippen LogP contribution is 2.23. The molecule has 1 aliphatic rings. The summed E-state index contributed by atoms with van der Waals surface area (Å²) in [4.78, 5) is 23.2. The molecule has 0 aliphatic heterocycles. The van der Waals surface area contributed by atoms with Crippen LogP contribution in [0.3, 0.4) is 0 Å². The molecule has 0 aromatic carbocycles. The Morgan fingerprint density at radius 1 is 1.20 bits per heavy atom. The number of rotatable bonds is 4. The Morgan fingerprint density at radius 3 is 2.45 bits per heavy atom. The number of carbonyl (C=O) groups excluding carboxylic acids is 2. The van der Waals surface area contributed by atoms with E-state index in [-0.39, 0.29) is 11.9 Å². The van der Waals surface area contributed by atoms with E-state index in [1.807, 2.05) is 20.8 Å². The summed E-state index contributed by atoms with van der Waals surface area (Å²) in [6, 6.07) is 0.290. The van der Waals surface area contributed by atoms with Crippen molar-refractivity contribution in [1.29, 1.82) is 0 Å². The van der Waals surface area contributed by atoms with E-state index in [2.05, 4.69) is 17.6 Å². The number of ether oxygens (including phenoxy) is 1. The van der Waals surface area contributed by atoms with Crippen molar-refractivity contribution < 1.29 is 14.3 Å². The van der Waals surface area contributed by atoms with E-state index in [9.17, 15) is 9.59 Å². The zero-order valence-electron chi connectivity index (χ0n) is 13.1. The molecule has 0 bridgehead atoms. The summed E-state index contributed by atoms with van der Waals surface area (Å²) >= 11 is 0. The van der Waals surface area contributed by atoms with E-state index >= 15 is 0 Å². The normalized spacial score (nSPS) is 23.0. The van der Waals surface area contributed by atoms with Gasteiger partial charge in [-0.3, -0.25) is 4.79 Å². The quantitative estimate of drug-likeness (QED) is 0.834. The van der Waals surface area contributed by atoms with Gasteiger partial charge in [-0.2, -0.15) is 0 Å². The SMILES string of the molecule is C[C@H]1CCCC[C@H]1NC(=O)CCNC(=O)OC(C)(C)C. The molecule has 0 heterocycles. The highest BCUT2D eigenvalue weighted by molar-refractivity contribution is 5.77. The Morgan fingerprint density at radius 2 is 1.85 bits per heavy atom. The van der Waals surface area contributed by atoms with Crippen LogP contribution in [-0.2, 0) is 9.53 Å². The molecule has 5 nitrogen and oxygen atoms in total. The number of carbonyl (C=O) groups is 2. The van der Waals surface area contributed by atoms with Crippen molar-refractivity contribution in [3.8, 4) is 0 Å². The molecular weight excluding hydrogens is 256 g/mol. The average Bonchev–Trinajstić information content (AvgIpc) is 2.29. The molecule has 116 valence electrons. The second kappa shape index (κ2) is 7.50. The average molecular weight is 284 g/mol. The van der Waals surface area contributed by atoms with E-state index in [4.69, 9.17) is 4.74 Å². The Labute approximate surface area is 121 Å². The van der Waals surface area contributed by atoms with Gasteiger partial charge in [-0.25, -0.2) is 4.79 Å². The van der Waals surface area contributed by atoms with Gasteiger partial charge < -0.3 is 15.4 Å². The first-order valence-electron chi connectivity index (χ1n) is 7.54. The van der Waals surface area contributed by atoms with E-state index < -0.39 is 11.7 Å². The van der Waals surface area contributed by atoms with Gasteiger partial charge in [-0.05, 0) is 39.5 Å². The molecule has 1 aliphatic carbocycles. The van der Waals surface area contributed by atoms with Crippen molar-refractivity contribution in [3.05, 3.63) is 0 Å². The standard InChI is InChI=1S/C15H28N2O3/c1-11-7-5-6-8-12(11)17-13(18)9-10-16-14(19)20-15(2,3)4/h11-12H,5-10H2,1-4H3,(H,16,19)(H,17,18)/t11-,12+/m0/s1. The molecule has 0 saturated heterocycles. The summed E-state index contributed by atoms with van der Waals surface area (Å²) in [5, 5.41) is 5.66. The Balaban J connectivity index is 2.18. The first-order chi connectivity index (χ1) is 9.28. The number of hydrogen-bond acceptors (Lipinski definition) is 3. The Kier molecular flexibility index (Phi) is 6.30. The van der Waals surface area contributed by atoms with Gasteiger partial charge in [0.25, 0.3) is 0 Å². The lowest BCUT2D eigenvalue weighted by Crippen LogP contribution is -2.42. The summed E-state index contributed by atoms with van der Waals surface area (Å²) in [7, 11) is 0. The van der Waals surface area contributed by atoms with Gasteiger partial charge in [0, 0.05) is 19.0 Å². The lowest BCUT2D eigenvalue weighted by molar-refractivity contribution is -0.122. The van der Waals surface area contributed by atoms with Crippen LogP contribution in [0.15, 0.2) is 0 Å². The van der Waals surface area contributed by atoms with Crippen LogP contribution in [0.2, 0.25) is 0 Å². The van der Waals surface area contributed by atoms with E-state index in [0.29, 0.717) is 18.9 Å². The highest BCUT2D eigenvalue weighted by Gasteiger charge is 2.22. The second-order valence-electron chi connectivity index (χ2n) is 6.61. The Bertz CT molecular complexity index is 337. The molecule has 5 heteroatoms.